The van der Waals surface area contributed by atoms with Crippen molar-refractivity contribution in [2.75, 3.05) is 19.7 Å². The number of benzene rings is 1. The second kappa shape index (κ2) is 8.41. The normalized spacial score (nSPS) is 34.3. The highest BCUT2D eigenvalue weighted by Gasteiger charge is 2.53. The lowest BCUT2D eigenvalue weighted by Gasteiger charge is -2.54. The van der Waals surface area contributed by atoms with E-state index in [1.54, 1.807) is 6.07 Å². The molecule has 28 heavy (non-hydrogen) atoms. The molecule has 1 spiro atoms. The number of hydrogen-bond acceptors (Lipinski definition) is 4. The Bertz CT molecular complexity index is 674. The zero-order valence-electron chi connectivity index (χ0n) is 17.5. The van der Waals surface area contributed by atoms with Crippen molar-refractivity contribution in [1.82, 2.24) is 5.32 Å². The van der Waals surface area contributed by atoms with E-state index >= 15 is 0 Å². The van der Waals surface area contributed by atoms with Crippen molar-refractivity contribution in [2.24, 2.45) is 17.3 Å². The average molecular weight is 410 g/mol. The van der Waals surface area contributed by atoms with Crippen LogP contribution in [-0.4, -0.2) is 30.4 Å². The first-order valence-corrected chi connectivity index (χ1v) is 10.8. The number of rotatable bonds is 4. The van der Waals surface area contributed by atoms with E-state index in [2.05, 4.69) is 26.1 Å². The van der Waals surface area contributed by atoms with Crippen LogP contribution in [0.2, 0.25) is 0 Å². The summed E-state index contributed by atoms with van der Waals surface area (Å²) in [7, 11) is 0. The molecule has 0 aromatic heterocycles. The molecule has 2 fully saturated rings. The Morgan fingerprint density at radius 1 is 1.32 bits per heavy atom. The van der Waals surface area contributed by atoms with Crippen LogP contribution in [0, 0.1) is 17.3 Å². The third-order valence-electron chi connectivity index (χ3n) is 7.03. The van der Waals surface area contributed by atoms with Crippen LogP contribution in [-0.2, 0) is 4.74 Å². The molecule has 0 aliphatic carbocycles. The Morgan fingerprint density at radius 2 is 2.14 bits per heavy atom. The molecule has 1 unspecified atom stereocenters. The van der Waals surface area contributed by atoms with E-state index in [1.165, 1.54) is 25.7 Å². The minimum Gasteiger partial charge on any atom is -0.508 e. The summed E-state index contributed by atoms with van der Waals surface area (Å²) < 4.78 is 13.2. The average Bonchev–Trinajstić information content (AvgIpc) is 2.63. The molecule has 0 saturated carbocycles. The maximum Gasteiger partial charge on any atom is 0.126 e. The summed E-state index contributed by atoms with van der Waals surface area (Å²) in [4.78, 5) is 0. The maximum atomic E-state index is 10.0. The number of nitrogens with one attached hydrogen (secondary N) is 1. The van der Waals surface area contributed by atoms with E-state index in [-0.39, 0.29) is 29.5 Å². The lowest BCUT2D eigenvalue weighted by Crippen LogP contribution is -2.56. The smallest absolute Gasteiger partial charge is 0.126 e. The van der Waals surface area contributed by atoms with E-state index in [9.17, 15) is 5.11 Å². The van der Waals surface area contributed by atoms with Gasteiger partial charge in [-0.15, -0.1) is 12.4 Å². The van der Waals surface area contributed by atoms with Gasteiger partial charge in [0, 0.05) is 23.4 Å². The summed E-state index contributed by atoms with van der Waals surface area (Å²) in [6.45, 7) is 9.84. The van der Waals surface area contributed by atoms with Crippen molar-refractivity contribution in [1.29, 1.82) is 0 Å². The molecule has 1 aromatic carbocycles. The van der Waals surface area contributed by atoms with Crippen LogP contribution in [0.4, 0.5) is 0 Å². The molecule has 4 atom stereocenters. The second-order valence-electron chi connectivity index (χ2n) is 9.75. The quantitative estimate of drug-likeness (QED) is 0.714. The molecule has 4 rings (SSSR count). The van der Waals surface area contributed by atoms with E-state index in [0.29, 0.717) is 17.6 Å². The van der Waals surface area contributed by atoms with Crippen molar-refractivity contribution in [3.8, 4) is 11.5 Å². The van der Waals surface area contributed by atoms with Gasteiger partial charge in [0.2, 0.25) is 0 Å². The molecular weight excluding hydrogens is 374 g/mol. The van der Waals surface area contributed by atoms with Crippen LogP contribution in [0.5, 0.6) is 11.5 Å². The van der Waals surface area contributed by atoms with Crippen LogP contribution in [0.25, 0.3) is 0 Å². The van der Waals surface area contributed by atoms with Gasteiger partial charge in [0.25, 0.3) is 0 Å². The largest absolute Gasteiger partial charge is 0.508 e. The fourth-order valence-electron chi connectivity index (χ4n) is 5.46. The van der Waals surface area contributed by atoms with Gasteiger partial charge < -0.3 is 19.9 Å². The zero-order chi connectivity index (χ0) is 19.1. The number of hydrogen-bond donors (Lipinski definition) is 2. The minimum atomic E-state index is -0.214. The summed E-state index contributed by atoms with van der Waals surface area (Å²) >= 11 is 0. The van der Waals surface area contributed by atoms with E-state index in [0.717, 1.165) is 43.9 Å². The third-order valence-corrected chi connectivity index (χ3v) is 7.03. The topological polar surface area (TPSA) is 50.7 Å². The molecule has 1 aromatic rings. The van der Waals surface area contributed by atoms with Crippen molar-refractivity contribution in [3.63, 3.8) is 0 Å². The van der Waals surface area contributed by atoms with Crippen molar-refractivity contribution in [3.05, 3.63) is 23.8 Å². The number of piperidine rings is 1. The van der Waals surface area contributed by atoms with E-state index in [1.807, 2.05) is 12.1 Å². The second-order valence-corrected chi connectivity index (χ2v) is 9.75. The fraction of sp³-hybridized carbons (Fsp3) is 0.739. The molecular formula is C23H36ClNO3. The summed E-state index contributed by atoms with van der Waals surface area (Å²) in [5.74, 6) is 2.22. The Hall–Kier alpha value is -0.970. The Kier molecular flexibility index (Phi) is 6.53. The van der Waals surface area contributed by atoms with Crippen LogP contribution < -0.4 is 10.1 Å². The van der Waals surface area contributed by atoms with Gasteiger partial charge in [0.15, 0.2) is 0 Å². The highest BCUT2D eigenvalue weighted by molar-refractivity contribution is 5.85. The number of halogens is 1. The standard InChI is InChI=1S/C23H35NO3.ClH/c1-16(2)6-4-9-22(3)19-13-23(10-5-11-24-14-23)15-26-21(19)18-12-17(25)7-8-20(18)27-22;/h7-8,12,16,19,21,24-25H,4-6,9-11,13-15H2,1-3H3;1H/t19-,21+,22-,23?;/m1./s1. The van der Waals surface area contributed by atoms with Gasteiger partial charge >= 0.3 is 0 Å². The summed E-state index contributed by atoms with van der Waals surface area (Å²) in [5, 5.41) is 13.6. The summed E-state index contributed by atoms with van der Waals surface area (Å²) in [5.41, 5.74) is 1.05. The molecule has 0 amide bonds. The SMILES string of the molecule is CC(C)CCC[C@@]1(C)Oc2ccc(O)cc2[C@@H]2OCC3(CCCNC3)C[C@H]21.Cl. The maximum absolute atomic E-state index is 10.0. The van der Waals surface area contributed by atoms with Crippen LogP contribution in [0.3, 0.4) is 0 Å². The number of phenols is 1. The van der Waals surface area contributed by atoms with E-state index in [4.69, 9.17) is 9.47 Å². The van der Waals surface area contributed by atoms with Crippen molar-refractivity contribution < 1.29 is 14.6 Å². The molecule has 158 valence electrons. The number of ether oxygens (including phenoxy) is 2. The molecule has 5 heteroatoms. The summed E-state index contributed by atoms with van der Waals surface area (Å²) in [6.07, 6.45) is 7.08. The van der Waals surface area contributed by atoms with Gasteiger partial charge in [-0.2, -0.15) is 0 Å². The molecule has 4 nitrogen and oxygen atoms in total. The highest BCUT2D eigenvalue weighted by atomic mass is 35.5. The predicted octanol–water partition coefficient (Wildman–Crippen LogP) is 5.24. The Balaban J connectivity index is 0.00000225. The van der Waals surface area contributed by atoms with Gasteiger partial charge in [-0.05, 0) is 69.7 Å². The molecule has 3 aliphatic rings. The third kappa shape index (κ3) is 4.15. The van der Waals surface area contributed by atoms with Crippen molar-refractivity contribution >= 4 is 12.4 Å². The fourth-order valence-corrected chi connectivity index (χ4v) is 5.46. The van der Waals surface area contributed by atoms with Gasteiger partial charge in [0.1, 0.15) is 17.1 Å². The first kappa shape index (κ1) is 21.7. The number of aromatic hydroxyl groups is 1. The van der Waals surface area contributed by atoms with Gasteiger partial charge in [-0.3, -0.25) is 0 Å². The van der Waals surface area contributed by atoms with Crippen LogP contribution in [0.15, 0.2) is 18.2 Å². The van der Waals surface area contributed by atoms with Gasteiger partial charge in [-0.1, -0.05) is 20.3 Å². The lowest BCUT2D eigenvalue weighted by atomic mass is 9.64. The first-order valence-electron chi connectivity index (χ1n) is 10.8. The predicted molar refractivity (Wildman–Crippen MR) is 114 cm³/mol. The molecule has 3 heterocycles. The van der Waals surface area contributed by atoms with Gasteiger partial charge in [0.05, 0.1) is 12.7 Å². The molecule has 2 N–H and O–H groups in total. The van der Waals surface area contributed by atoms with E-state index < -0.39 is 0 Å². The lowest BCUT2D eigenvalue weighted by molar-refractivity contribution is -0.174. The zero-order valence-corrected chi connectivity index (χ0v) is 18.3. The van der Waals surface area contributed by atoms with Crippen LogP contribution in [0.1, 0.15) is 71.0 Å². The Morgan fingerprint density at radius 3 is 2.86 bits per heavy atom. The molecule has 0 bridgehead atoms. The monoisotopic (exact) mass is 409 g/mol. The minimum absolute atomic E-state index is 0. The number of fused-ring (bicyclic) bond motifs is 3. The molecule has 3 aliphatic heterocycles. The van der Waals surface area contributed by atoms with Gasteiger partial charge in [-0.25, -0.2) is 0 Å². The van der Waals surface area contributed by atoms with Crippen molar-refractivity contribution in [2.45, 2.75) is 71.0 Å². The van der Waals surface area contributed by atoms with Crippen LogP contribution >= 0.6 is 12.4 Å². The molecule has 2 saturated heterocycles. The number of phenolic OH excluding ortho intramolecular Hbond substituents is 1. The highest BCUT2D eigenvalue weighted by Crippen LogP contribution is 2.56. The Labute approximate surface area is 175 Å². The first-order chi connectivity index (χ1) is 12.9. The summed E-state index contributed by atoms with van der Waals surface area (Å²) in [6, 6.07) is 5.48. The molecule has 0 radical (unpaired) electrons.